The van der Waals surface area contributed by atoms with Gasteiger partial charge in [-0.2, -0.15) is 0 Å². The molecule has 1 aromatic heterocycles. The molecule has 0 N–H and O–H groups in total. The summed E-state index contributed by atoms with van der Waals surface area (Å²) in [7, 11) is 0. The summed E-state index contributed by atoms with van der Waals surface area (Å²) in [6.07, 6.45) is 4.34. The molecular weight excluding hydrogens is 190 g/mol. The molecule has 0 aliphatic rings. The van der Waals surface area contributed by atoms with E-state index in [2.05, 4.69) is 5.16 Å². The molecule has 15 heavy (non-hydrogen) atoms. The zero-order chi connectivity index (χ0) is 10.5. The van der Waals surface area contributed by atoms with Crippen molar-refractivity contribution in [2.24, 2.45) is 0 Å². The van der Waals surface area contributed by atoms with E-state index >= 15 is 0 Å². The predicted molar refractivity (Wildman–Crippen MR) is 57.3 cm³/mol. The van der Waals surface area contributed by atoms with Crippen LogP contribution in [0.25, 0.3) is 12.2 Å². The lowest BCUT2D eigenvalue weighted by atomic mass is 10.2. The van der Waals surface area contributed by atoms with Crippen molar-refractivity contribution in [3.8, 4) is 0 Å². The fourth-order valence-corrected chi connectivity index (χ4v) is 1.18. The number of hydrogen-bond acceptors (Lipinski definition) is 3. The van der Waals surface area contributed by atoms with Gasteiger partial charge in [0.1, 0.15) is 5.69 Å². The Morgan fingerprint density at radius 2 is 1.93 bits per heavy atom. The van der Waals surface area contributed by atoms with Crippen molar-refractivity contribution in [3.63, 3.8) is 0 Å². The summed E-state index contributed by atoms with van der Waals surface area (Å²) < 4.78 is 4.73. The van der Waals surface area contributed by atoms with Crippen molar-refractivity contribution in [1.29, 1.82) is 0 Å². The Morgan fingerprint density at radius 1 is 1.13 bits per heavy atom. The second kappa shape index (κ2) is 4.37. The van der Waals surface area contributed by atoms with E-state index in [4.69, 9.17) is 4.52 Å². The molecule has 0 saturated heterocycles. The summed E-state index contributed by atoms with van der Waals surface area (Å²) >= 11 is 0. The van der Waals surface area contributed by atoms with E-state index in [0.717, 1.165) is 5.56 Å². The molecule has 2 aromatic rings. The number of nitrogens with zero attached hydrogens (tertiary/aromatic N) is 1. The van der Waals surface area contributed by atoms with Gasteiger partial charge in [0.15, 0.2) is 12.0 Å². The SMILES string of the molecule is O=Cc1cc(/C=C/c2ccccc2)no1. The van der Waals surface area contributed by atoms with Crippen molar-refractivity contribution in [2.45, 2.75) is 0 Å². The fourth-order valence-electron chi connectivity index (χ4n) is 1.18. The van der Waals surface area contributed by atoms with Crippen LogP contribution < -0.4 is 0 Å². The molecule has 0 amide bonds. The third-order valence-corrected chi connectivity index (χ3v) is 1.91. The number of hydrogen-bond donors (Lipinski definition) is 0. The van der Waals surface area contributed by atoms with Gasteiger partial charge in [-0.1, -0.05) is 41.6 Å². The Hall–Kier alpha value is -2.16. The van der Waals surface area contributed by atoms with Gasteiger partial charge in [-0.3, -0.25) is 4.79 Å². The Bertz CT molecular complexity index is 471. The second-order valence-corrected chi connectivity index (χ2v) is 3.02. The van der Waals surface area contributed by atoms with Crippen molar-refractivity contribution in [3.05, 3.63) is 53.4 Å². The highest BCUT2D eigenvalue weighted by atomic mass is 16.5. The highest BCUT2D eigenvalue weighted by molar-refractivity contribution is 5.74. The molecule has 0 radical (unpaired) electrons. The number of rotatable bonds is 3. The first-order valence-corrected chi connectivity index (χ1v) is 4.53. The summed E-state index contributed by atoms with van der Waals surface area (Å²) in [4.78, 5) is 10.3. The normalized spacial score (nSPS) is 10.7. The highest BCUT2D eigenvalue weighted by Crippen LogP contribution is 2.07. The lowest BCUT2D eigenvalue weighted by molar-refractivity contribution is 0.109. The van der Waals surface area contributed by atoms with Crippen molar-refractivity contribution in [2.75, 3.05) is 0 Å². The molecule has 3 nitrogen and oxygen atoms in total. The van der Waals surface area contributed by atoms with Gasteiger partial charge in [0.25, 0.3) is 0 Å². The predicted octanol–water partition coefficient (Wildman–Crippen LogP) is 2.66. The van der Waals surface area contributed by atoms with Crippen LogP contribution in [0, 0.1) is 0 Å². The maximum Gasteiger partial charge on any atom is 0.199 e. The van der Waals surface area contributed by atoms with Crippen LogP contribution in [0.4, 0.5) is 0 Å². The van der Waals surface area contributed by atoms with E-state index in [-0.39, 0.29) is 5.76 Å². The van der Waals surface area contributed by atoms with Gasteiger partial charge in [-0.25, -0.2) is 0 Å². The van der Waals surface area contributed by atoms with Gasteiger partial charge in [0, 0.05) is 6.07 Å². The Kier molecular flexibility index (Phi) is 2.74. The quantitative estimate of drug-likeness (QED) is 0.713. The third kappa shape index (κ3) is 2.40. The van der Waals surface area contributed by atoms with Crippen LogP contribution in [0.1, 0.15) is 21.8 Å². The standard InChI is InChI=1S/C12H9NO2/c14-9-12-8-11(13-15-12)7-6-10-4-2-1-3-5-10/h1-9H/b7-6+. The number of aldehydes is 1. The topological polar surface area (TPSA) is 43.1 Å². The maximum absolute atomic E-state index is 10.3. The zero-order valence-corrected chi connectivity index (χ0v) is 7.96. The van der Waals surface area contributed by atoms with E-state index in [0.29, 0.717) is 12.0 Å². The molecule has 2 rings (SSSR count). The third-order valence-electron chi connectivity index (χ3n) is 1.91. The summed E-state index contributed by atoms with van der Waals surface area (Å²) in [6.45, 7) is 0. The van der Waals surface area contributed by atoms with Gasteiger partial charge in [-0.05, 0) is 11.6 Å². The molecule has 74 valence electrons. The molecule has 1 heterocycles. The molecule has 0 atom stereocenters. The number of carbonyl (C=O) groups excluding carboxylic acids is 1. The largest absolute Gasteiger partial charge is 0.353 e. The van der Waals surface area contributed by atoms with Crippen LogP contribution in [0.5, 0.6) is 0 Å². The average molecular weight is 199 g/mol. The monoisotopic (exact) mass is 199 g/mol. The first-order valence-electron chi connectivity index (χ1n) is 4.53. The highest BCUT2D eigenvalue weighted by Gasteiger charge is 1.98. The number of aromatic nitrogens is 1. The van der Waals surface area contributed by atoms with E-state index in [1.165, 1.54) is 0 Å². The molecule has 0 aliphatic heterocycles. The minimum atomic E-state index is 0.239. The van der Waals surface area contributed by atoms with Crippen molar-refractivity contribution < 1.29 is 9.32 Å². The lowest BCUT2D eigenvalue weighted by Gasteiger charge is -1.88. The molecule has 0 unspecified atom stereocenters. The smallest absolute Gasteiger partial charge is 0.199 e. The molecular formula is C12H9NO2. The van der Waals surface area contributed by atoms with E-state index in [1.807, 2.05) is 36.4 Å². The van der Waals surface area contributed by atoms with Crippen LogP contribution in [-0.4, -0.2) is 11.4 Å². The Morgan fingerprint density at radius 3 is 2.60 bits per heavy atom. The van der Waals surface area contributed by atoms with Gasteiger partial charge >= 0.3 is 0 Å². The van der Waals surface area contributed by atoms with E-state index in [9.17, 15) is 4.79 Å². The summed E-state index contributed by atoms with van der Waals surface area (Å²) in [5.74, 6) is 0.239. The first-order chi connectivity index (χ1) is 7.38. The summed E-state index contributed by atoms with van der Waals surface area (Å²) in [5, 5.41) is 3.71. The molecule has 1 aromatic carbocycles. The summed E-state index contributed by atoms with van der Waals surface area (Å²) in [6, 6.07) is 11.4. The maximum atomic E-state index is 10.3. The van der Waals surface area contributed by atoms with Gasteiger partial charge in [0.2, 0.25) is 0 Å². The van der Waals surface area contributed by atoms with E-state index in [1.54, 1.807) is 12.1 Å². The zero-order valence-electron chi connectivity index (χ0n) is 7.96. The molecule has 3 heteroatoms. The van der Waals surface area contributed by atoms with Crippen LogP contribution in [-0.2, 0) is 0 Å². The molecule has 0 aliphatic carbocycles. The number of benzene rings is 1. The van der Waals surface area contributed by atoms with Crippen LogP contribution in [0.15, 0.2) is 40.9 Å². The second-order valence-electron chi connectivity index (χ2n) is 3.02. The molecule has 0 fully saturated rings. The molecule has 0 bridgehead atoms. The van der Waals surface area contributed by atoms with Crippen LogP contribution in [0.2, 0.25) is 0 Å². The molecule has 0 spiro atoms. The molecule has 0 saturated carbocycles. The fraction of sp³-hybridized carbons (Fsp3) is 0. The first kappa shape index (κ1) is 9.40. The average Bonchev–Trinajstić information content (AvgIpc) is 2.76. The van der Waals surface area contributed by atoms with Crippen molar-refractivity contribution >= 4 is 18.4 Å². The minimum absolute atomic E-state index is 0.239. The van der Waals surface area contributed by atoms with Gasteiger partial charge < -0.3 is 4.52 Å². The Labute approximate surface area is 87.0 Å². The lowest BCUT2D eigenvalue weighted by Crippen LogP contribution is -1.70. The van der Waals surface area contributed by atoms with Gasteiger partial charge in [0.05, 0.1) is 0 Å². The number of carbonyl (C=O) groups is 1. The summed E-state index contributed by atoms with van der Waals surface area (Å²) in [5.41, 5.74) is 1.72. The van der Waals surface area contributed by atoms with Crippen LogP contribution in [0.3, 0.4) is 0 Å². The minimum Gasteiger partial charge on any atom is -0.353 e. The van der Waals surface area contributed by atoms with E-state index < -0.39 is 0 Å². The Balaban J connectivity index is 2.15. The van der Waals surface area contributed by atoms with Gasteiger partial charge in [-0.15, -0.1) is 0 Å². The van der Waals surface area contributed by atoms with Crippen molar-refractivity contribution in [1.82, 2.24) is 5.16 Å². The van der Waals surface area contributed by atoms with Crippen LogP contribution >= 0.6 is 0 Å².